The van der Waals surface area contributed by atoms with Gasteiger partial charge in [-0.05, 0) is 42.9 Å². The van der Waals surface area contributed by atoms with Crippen molar-refractivity contribution in [2.45, 2.75) is 38.1 Å². The van der Waals surface area contributed by atoms with E-state index >= 15 is 0 Å². The van der Waals surface area contributed by atoms with Gasteiger partial charge >= 0.3 is 0 Å². The van der Waals surface area contributed by atoms with E-state index in [2.05, 4.69) is 44.4 Å². The topological polar surface area (TPSA) is 86.7 Å². The maximum Gasteiger partial charge on any atom is 0.263 e. The van der Waals surface area contributed by atoms with Crippen LogP contribution in [0, 0.1) is 6.92 Å². The molecule has 1 fully saturated rings. The third kappa shape index (κ3) is 2.89. The maximum atomic E-state index is 12.8. The van der Waals surface area contributed by atoms with Crippen LogP contribution < -0.4 is 5.56 Å². The summed E-state index contributed by atoms with van der Waals surface area (Å²) in [6.45, 7) is 2.08. The van der Waals surface area contributed by atoms with E-state index in [0.717, 1.165) is 24.2 Å². The van der Waals surface area contributed by atoms with E-state index in [0.29, 0.717) is 28.8 Å². The number of rotatable bonds is 4. The van der Waals surface area contributed by atoms with E-state index in [4.69, 9.17) is 4.52 Å². The highest BCUT2D eigenvalue weighted by atomic mass is 16.5. The SMILES string of the molecule is Cc1ccnc2ncn(Cc3nc(C4CC(c5ccccc5)C4)no3)c(=O)c12. The Hall–Kier alpha value is -3.35. The second-order valence-electron chi connectivity index (χ2n) is 7.33. The van der Waals surface area contributed by atoms with E-state index < -0.39 is 0 Å². The predicted molar refractivity (Wildman–Crippen MR) is 103 cm³/mol. The van der Waals surface area contributed by atoms with Crippen LogP contribution in [-0.2, 0) is 6.54 Å². The molecule has 0 radical (unpaired) electrons. The Kier molecular flexibility index (Phi) is 4.00. The fourth-order valence-corrected chi connectivity index (χ4v) is 3.81. The molecule has 0 unspecified atom stereocenters. The minimum Gasteiger partial charge on any atom is -0.337 e. The quantitative estimate of drug-likeness (QED) is 0.546. The van der Waals surface area contributed by atoms with Gasteiger partial charge in [0.05, 0.1) is 5.39 Å². The maximum absolute atomic E-state index is 12.8. The molecule has 0 atom stereocenters. The zero-order chi connectivity index (χ0) is 19.1. The lowest BCUT2D eigenvalue weighted by Gasteiger charge is -2.33. The first-order valence-corrected chi connectivity index (χ1v) is 9.37. The first-order valence-electron chi connectivity index (χ1n) is 9.37. The molecule has 1 saturated carbocycles. The lowest BCUT2D eigenvalue weighted by Crippen LogP contribution is -2.23. The van der Waals surface area contributed by atoms with Gasteiger partial charge in [0.25, 0.3) is 5.56 Å². The van der Waals surface area contributed by atoms with Crippen molar-refractivity contribution in [2.24, 2.45) is 0 Å². The van der Waals surface area contributed by atoms with Crippen molar-refractivity contribution in [1.82, 2.24) is 24.7 Å². The first-order chi connectivity index (χ1) is 13.7. The van der Waals surface area contributed by atoms with Crippen LogP contribution in [0.1, 0.15) is 47.5 Å². The average Bonchev–Trinajstić information content (AvgIpc) is 3.12. The zero-order valence-corrected chi connectivity index (χ0v) is 15.4. The Morgan fingerprint density at radius 1 is 1.11 bits per heavy atom. The van der Waals surface area contributed by atoms with Gasteiger partial charge in [0.15, 0.2) is 11.5 Å². The fourth-order valence-electron chi connectivity index (χ4n) is 3.81. The summed E-state index contributed by atoms with van der Waals surface area (Å²) < 4.78 is 6.89. The largest absolute Gasteiger partial charge is 0.337 e. The predicted octanol–water partition coefficient (Wildman–Crippen LogP) is 3.19. The highest BCUT2D eigenvalue weighted by Gasteiger charge is 2.34. The Morgan fingerprint density at radius 2 is 1.93 bits per heavy atom. The van der Waals surface area contributed by atoms with Gasteiger partial charge in [0, 0.05) is 12.1 Å². The molecule has 5 rings (SSSR count). The third-order valence-electron chi connectivity index (χ3n) is 5.50. The number of fused-ring (bicyclic) bond motifs is 1. The van der Waals surface area contributed by atoms with E-state index in [1.54, 1.807) is 12.3 Å². The molecule has 1 aliphatic carbocycles. The summed E-state index contributed by atoms with van der Waals surface area (Å²) in [6.07, 6.45) is 5.17. The average molecular weight is 373 g/mol. The molecule has 7 nitrogen and oxygen atoms in total. The number of aryl methyl sites for hydroxylation is 1. The normalized spacial score (nSPS) is 18.9. The third-order valence-corrected chi connectivity index (χ3v) is 5.50. The molecule has 0 aliphatic heterocycles. The van der Waals surface area contributed by atoms with Crippen molar-refractivity contribution in [3.8, 4) is 0 Å². The minimum absolute atomic E-state index is 0.150. The summed E-state index contributed by atoms with van der Waals surface area (Å²) in [5.41, 5.74) is 2.52. The molecule has 1 aromatic carbocycles. The van der Waals surface area contributed by atoms with Crippen LogP contribution in [-0.4, -0.2) is 24.7 Å². The summed E-state index contributed by atoms with van der Waals surface area (Å²) in [7, 11) is 0. The molecule has 4 aromatic rings. The van der Waals surface area contributed by atoms with Crippen LogP contribution in [0.2, 0.25) is 0 Å². The number of benzene rings is 1. The molecule has 0 N–H and O–H groups in total. The van der Waals surface area contributed by atoms with Crippen molar-refractivity contribution in [3.63, 3.8) is 0 Å². The van der Waals surface area contributed by atoms with Gasteiger partial charge < -0.3 is 4.52 Å². The summed E-state index contributed by atoms with van der Waals surface area (Å²) >= 11 is 0. The molecule has 3 aromatic heterocycles. The van der Waals surface area contributed by atoms with Crippen LogP contribution in [0.5, 0.6) is 0 Å². The van der Waals surface area contributed by atoms with Gasteiger partial charge in [-0.15, -0.1) is 0 Å². The van der Waals surface area contributed by atoms with Crippen LogP contribution in [0.3, 0.4) is 0 Å². The fraction of sp³-hybridized carbons (Fsp3) is 0.286. The molecular formula is C21H19N5O2. The number of nitrogens with zero attached hydrogens (tertiary/aromatic N) is 5. The van der Waals surface area contributed by atoms with Crippen molar-refractivity contribution >= 4 is 11.0 Å². The number of pyridine rings is 1. The minimum atomic E-state index is -0.150. The Labute approximate surface area is 161 Å². The lowest BCUT2D eigenvalue weighted by atomic mass is 9.71. The second kappa shape index (κ2) is 6.67. The highest BCUT2D eigenvalue weighted by molar-refractivity contribution is 5.76. The summed E-state index contributed by atoms with van der Waals surface area (Å²) in [5, 5.41) is 4.66. The molecular weight excluding hydrogens is 354 g/mol. The standard InChI is InChI=1S/C21H19N5O2/c1-13-7-8-22-20-18(13)21(27)26(12-23-20)11-17-24-19(25-28-17)16-9-15(10-16)14-5-3-2-4-6-14/h2-8,12,15-16H,9-11H2,1H3. The zero-order valence-electron chi connectivity index (χ0n) is 15.4. The van der Waals surface area contributed by atoms with Gasteiger partial charge in [-0.1, -0.05) is 35.5 Å². The summed E-state index contributed by atoms with van der Waals surface area (Å²) in [6, 6.07) is 12.3. The molecule has 1 aliphatic rings. The Balaban J connectivity index is 1.33. The molecule has 0 spiro atoms. The van der Waals surface area contributed by atoms with Crippen molar-refractivity contribution < 1.29 is 4.52 Å². The molecule has 140 valence electrons. The molecule has 0 amide bonds. The van der Waals surface area contributed by atoms with Gasteiger partial charge in [-0.3, -0.25) is 9.36 Å². The Morgan fingerprint density at radius 3 is 2.75 bits per heavy atom. The van der Waals surface area contributed by atoms with E-state index in [9.17, 15) is 4.79 Å². The smallest absolute Gasteiger partial charge is 0.263 e. The summed E-state index contributed by atoms with van der Waals surface area (Å²) in [5.74, 6) is 2.00. The summed E-state index contributed by atoms with van der Waals surface area (Å²) in [4.78, 5) is 25.7. The van der Waals surface area contributed by atoms with Crippen molar-refractivity contribution in [1.29, 1.82) is 0 Å². The van der Waals surface area contributed by atoms with Crippen LogP contribution in [0.4, 0.5) is 0 Å². The number of hydrogen-bond donors (Lipinski definition) is 0. The highest BCUT2D eigenvalue weighted by Crippen LogP contribution is 2.46. The molecule has 0 bridgehead atoms. The molecule has 3 heterocycles. The molecule has 28 heavy (non-hydrogen) atoms. The molecule has 0 saturated heterocycles. The van der Waals surface area contributed by atoms with Gasteiger partial charge in [-0.2, -0.15) is 4.98 Å². The number of hydrogen-bond acceptors (Lipinski definition) is 6. The van der Waals surface area contributed by atoms with Crippen molar-refractivity contribution in [3.05, 3.63) is 82.1 Å². The van der Waals surface area contributed by atoms with Gasteiger partial charge in [0.1, 0.15) is 12.9 Å². The first kappa shape index (κ1) is 16.8. The van der Waals surface area contributed by atoms with Gasteiger partial charge in [0.2, 0.25) is 5.89 Å². The monoisotopic (exact) mass is 373 g/mol. The van der Waals surface area contributed by atoms with Crippen LogP contribution >= 0.6 is 0 Å². The second-order valence-corrected chi connectivity index (χ2v) is 7.33. The van der Waals surface area contributed by atoms with Crippen LogP contribution in [0.15, 0.2) is 58.2 Å². The van der Waals surface area contributed by atoms with E-state index in [1.165, 1.54) is 16.5 Å². The number of aromatic nitrogens is 5. The van der Waals surface area contributed by atoms with E-state index in [-0.39, 0.29) is 12.1 Å². The van der Waals surface area contributed by atoms with E-state index in [1.807, 2.05) is 13.0 Å². The van der Waals surface area contributed by atoms with Crippen LogP contribution in [0.25, 0.3) is 11.0 Å². The lowest BCUT2D eigenvalue weighted by molar-refractivity contribution is 0.315. The molecule has 7 heteroatoms. The van der Waals surface area contributed by atoms with Crippen molar-refractivity contribution in [2.75, 3.05) is 0 Å². The Bertz CT molecular complexity index is 1190. The van der Waals surface area contributed by atoms with Gasteiger partial charge in [-0.25, -0.2) is 9.97 Å².